The maximum atomic E-state index is 12.2. The number of carbonyl (C=O) groups is 3. The lowest BCUT2D eigenvalue weighted by Crippen LogP contribution is -2.32. The number of rotatable bonds is 5. The maximum absolute atomic E-state index is 12.2. The predicted molar refractivity (Wildman–Crippen MR) is 82.3 cm³/mol. The number of nitrogens with zero attached hydrogens (tertiary/aromatic N) is 1. The SMILES string of the molecule is O=C(ON1C(=O)CCC1=O)c1occc(=O)c1OCc1ccccc1. The summed E-state index contributed by atoms with van der Waals surface area (Å²) in [5.74, 6) is -3.30. The first-order valence-electron chi connectivity index (χ1n) is 7.43. The van der Waals surface area contributed by atoms with E-state index in [2.05, 4.69) is 0 Å². The Labute approximate surface area is 141 Å². The number of hydrogen-bond donors (Lipinski definition) is 0. The summed E-state index contributed by atoms with van der Waals surface area (Å²) >= 11 is 0. The molecule has 0 bridgehead atoms. The molecular formula is C17H13NO7. The molecule has 1 aliphatic rings. The van der Waals surface area contributed by atoms with Crippen LogP contribution in [0.25, 0.3) is 0 Å². The van der Waals surface area contributed by atoms with Crippen molar-refractivity contribution in [2.24, 2.45) is 0 Å². The van der Waals surface area contributed by atoms with Gasteiger partial charge in [-0.1, -0.05) is 30.3 Å². The third kappa shape index (κ3) is 3.57. The Kier molecular flexibility index (Phi) is 4.60. The molecule has 2 amide bonds. The molecule has 0 aliphatic carbocycles. The van der Waals surface area contributed by atoms with Gasteiger partial charge in [0.1, 0.15) is 6.61 Å². The first-order chi connectivity index (χ1) is 12.1. The Morgan fingerprint density at radius 2 is 1.72 bits per heavy atom. The van der Waals surface area contributed by atoms with Crippen molar-refractivity contribution in [1.82, 2.24) is 5.06 Å². The van der Waals surface area contributed by atoms with Gasteiger partial charge in [-0.25, -0.2) is 4.79 Å². The minimum atomic E-state index is -1.16. The van der Waals surface area contributed by atoms with Crippen LogP contribution in [-0.2, 0) is 21.0 Å². The summed E-state index contributed by atoms with van der Waals surface area (Å²) in [4.78, 5) is 52.0. The molecule has 2 aromatic rings. The second kappa shape index (κ2) is 7.00. The molecule has 3 rings (SSSR count). The molecule has 1 aromatic heterocycles. The fourth-order valence-electron chi connectivity index (χ4n) is 2.19. The molecule has 0 radical (unpaired) electrons. The zero-order valence-corrected chi connectivity index (χ0v) is 13.0. The van der Waals surface area contributed by atoms with Gasteiger partial charge in [-0.15, -0.1) is 5.06 Å². The summed E-state index contributed by atoms with van der Waals surface area (Å²) in [5.41, 5.74) is 0.183. The van der Waals surface area contributed by atoms with Crippen molar-refractivity contribution in [2.45, 2.75) is 19.4 Å². The van der Waals surface area contributed by atoms with Gasteiger partial charge in [-0.2, -0.15) is 0 Å². The number of hydroxylamine groups is 2. The molecule has 2 heterocycles. The predicted octanol–water partition coefficient (Wildman–Crippen LogP) is 1.44. The van der Waals surface area contributed by atoms with E-state index >= 15 is 0 Å². The summed E-state index contributed by atoms with van der Waals surface area (Å²) in [6.07, 6.45) is 0.923. The van der Waals surface area contributed by atoms with Crippen LogP contribution >= 0.6 is 0 Å². The molecule has 0 spiro atoms. The third-order valence-corrected chi connectivity index (χ3v) is 3.43. The highest BCUT2D eigenvalue weighted by Crippen LogP contribution is 2.19. The Morgan fingerprint density at radius 3 is 2.40 bits per heavy atom. The molecule has 25 heavy (non-hydrogen) atoms. The highest BCUT2D eigenvalue weighted by atomic mass is 16.7. The Morgan fingerprint density at radius 1 is 1.04 bits per heavy atom. The monoisotopic (exact) mass is 343 g/mol. The summed E-state index contributed by atoms with van der Waals surface area (Å²) < 4.78 is 10.4. The fourth-order valence-corrected chi connectivity index (χ4v) is 2.19. The van der Waals surface area contributed by atoms with Crippen molar-refractivity contribution in [3.8, 4) is 5.75 Å². The maximum Gasteiger partial charge on any atom is 0.403 e. The number of imide groups is 1. The molecule has 0 saturated carbocycles. The highest BCUT2D eigenvalue weighted by molar-refractivity contribution is 6.02. The van der Waals surface area contributed by atoms with E-state index in [-0.39, 0.29) is 25.2 Å². The minimum absolute atomic E-state index is 0.0253. The van der Waals surface area contributed by atoms with Gasteiger partial charge in [0.05, 0.1) is 6.26 Å². The average Bonchev–Trinajstić information content (AvgIpc) is 2.93. The standard InChI is InChI=1S/C17H13NO7/c19-12-8-9-23-16(15(12)24-10-11-4-2-1-3-5-11)17(22)25-18-13(20)6-7-14(18)21/h1-5,8-9H,6-7,10H2. The molecular weight excluding hydrogens is 330 g/mol. The van der Waals surface area contributed by atoms with Crippen LogP contribution in [0.3, 0.4) is 0 Å². The highest BCUT2D eigenvalue weighted by Gasteiger charge is 2.35. The molecule has 0 unspecified atom stereocenters. The minimum Gasteiger partial charge on any atom is -0.481 e. The van der Waals surface area contributed by atoms with Crippen LogP contribution in [0, 0.1) is 0 Å². The smallest absolute Gasteiger partial charge is 0.403 e. The summed E-state index contributed by atoms with van der Waals surface area (Å²) in [6.45, 7) is 0.0253. The number of benzene rings is 1. The summed E-state index contributed by atoms with van der Waals surface area (Å²) in [5, 5.41) is 0.371. The van der Waals surface area contributed by atoms with Gasteiger partial charge in [-0.05, 0) is 5.56 Å². The van der Waals surface area contributed by atoms with Crippen LogP contribution in [0.5, 0.6) is 5.75 Å². The lowest BCUT2D eigenvalue weighted by Gasteiger charge is -2.13. The van der Waals surface area contributed by atoms with Crippen LogP contribution in [0.4, 0.5) is 0 Å². The summed E-state index contributed by atoms with van der Waals surface area (Å²) in [6, 6.07) is 10.1. The molecule has 1 saturated heterocycles. The molecule has 8 nitrogen and oxygen atoms in total. The first-order valence-corrected chi connectivity index (χ1v) is 7.43. The lowest BCUT2D eigenvalue weighted by atomic mass is 10.2. The Balaban J connectivity index is 1.80. The van der Waals surface area contributed by atoms with Crippen LogP contribution < -0.4 is 10.2 Å². The fraction of sp³-hybridized carbons (Fsp3) is 0.176. The number of ether oxygens (including phenoxy) is 1. The van der Waals surface area contributed by atoms with E-state index in [0.717, 1.165) is 17.9 Å². The van der Waals surface area contributed by atoms with Gasteiger partial charge in [0, 0.05) is 18.9 Å². The summed E-state index contributed by atoms with van der Waals surface area (Å²) in [7, 11) is 0. The van der Waals surface area contributed by atoms with Crippen LogP contribution in [-0.4, -0.2) is 22.8 Å². The van der Waals surface area contributed by atoms with E-state index in [9.17, 15) is 19.2 Å². The van der Waals surface area contributed by atoms with E-state index in [1.165, 1.54) is 0 Å². The van der Waals surface area contributed by atoms with E-state index in [0.29, 0.717) is 5.06 Å². The van der Waals surface area contributed by atoms with E-state index in [1.807, 2.05) is 6.07 Å². The van der Waals surface area contributed by atoms with Gasteiger partial charge in [0.15, 0.2) is 0 Å². The van der Waals surface area contributed by atoms with Crippen molar-refractivity contribution >= 4 is 17.8 Å². The van der Waals surface area contributed by atoms with E-state index < -0.39 is 29.0 Å². The molecule has 0 N–H and O–H groups in total. The molecule has 1 aliphatic heterocycles. The topological polar surface area (TPSA) is 103 Å². The van der Waals surface area contributed by atoms with Crippen molar-refractivity contribution < 1.29 is 28.4 Å². The third-order valence-electron chi connectivity index (χ3n) is 3.43. The van der Waals surface area contributed by atoms with E-state index in [4.69, 9.17) is 14.0 Å². The van der Waals surface area contributed by atoms with Crippen molar-refractivity contribution in [3.05, 3.63) is 64.2 Å². The van der Waals surface area contributed by atoms with Crippen LogP contribution in [0.1, 0.15) is 29.0 Å². The number of hydrogen-bond acceptors (Lipinski definition) is 7. The van der Waals surface area contributed by atoms with Crippen molar-refractivity contribution in [3.63, 3.8) is 0 Å². The van der Waals surface area contributed by atoms with Crippen molar-refractivity contribution in [2.75, 3.05) is 0 Å². The Hall–Kier alpha value is -3.42. The van der Waals surface area contributed by atoms with Crippen molar-refractivity contribution in [1.29, 1.82) is 0 Å². The van der Waals surface area contributed by atoms with Gasteiger partial charge in [-0.3, -0.25) is 14.4 Å². The van der Waals surface area contributed by atoms with Gasteiger partial charge >= 0.3 is 5.97 Å². The number of carbonyl (C=O) groups excluding carboxylic acids is 3. The second-order valence-electron chi connectivity index (χ2n) is 5.18. The largest absolute Gasteiger partial charge is 0.481 e. The molecule has 128 valence electrons. The molecule has 0 atom stereocenters. The Bertz CT molecular complexity index is 856. The average molecular weight is 343 g/mol. The van der Waals surface area contributed by atoms with Gasteiger partial charge < -0.3 is 14.0 Å². The van der Waals surface area contributed by atoms with Crippen LogP contribution in [0.15, 0.2) is 51.9 Å². The normalized spacial score (nSPS) is 13.8. The zero-order valence-electron chi connectivity index (χ0n) is 13.0. The zero-order chi connectivity index (χ0) is 17.8. The van der Waals surface area contributed by atoms with E-state index in [1.54, 1.807) is 24.3 Å². The van der Waals surface area contributed by atoms with Gasteiger partial charge in [0.2, 0.25) is 11.2 Å². The first kappa shape index (κ1) is 16.4. The quantitative estimate of drug-likeness (QED) is 0.757. The van der Waals surface area contributed by atoms with Gasteiger partial charge in [0.25, 0.3) is 17.6 Å². The molecule has 1 aromatic carbocycles. The molecule has 8 heteroatoms. The lowest BCUT2D eigenvalue weighted by molar-refractivity contribution is -0.173. The second-order valence-corrected chi connectivity index (χ2v) is 5.18. The molecule has 1 fully saturated rings. The van der Waals surface area contributed by atoms with Crippen LogP contribution in [0.2, 0.25) is 0 Å². The number of amides is 2.